The van der Waals surface area contributed by atoms with Crippen molar-refractivity contribution in [3.8, 4) is 0 Å². The molecule has 0 aliphatic heterocycles. The van der Waals surface area contributed by atoms with E-state index < -0.39 is 10.0 Å². The van der Waals surface area contributed by atoms with Crippen LogP contribution in [0.4, 0.5) is 5.13 Å². The van der Waals surface area contributed by atoms with Gasteiger partial charge in [-0.1, -0.05) is 26.7 Å². The summed E-state index contributed by atoms with van der Waals surface area (Å²) in [6.07, 6.45) is 3.53. The molecule has 8 heteroatoms. The number of anilines is 1. The van der Waals surface area contributed by atoms with E-state index in [1.54, 1.807) is 16.4 Å². The maximum Gasteiger partial charge on any atom is 0.257 e. The van der Waals surface area contributed by atoms with Crippen LogP contribution in [0.5, 0.6) is 0 Å². The Morgan fingerprint density at radius 2 is 1.64 bits per heavy atom. The van der Waals surface area contributed by atoms with E-state index >= 15 is 0 Å². The number of hydrogen-bond acceptors (Lipinski definition) is 5. The average Bonchev–Trinajstić information content (AvgIpc) is 2.98. The molecule has 1 amide bonds. The molecule has 1 heterocycles. The van der Waals surface area contributed by atoms with Gasteiger partial charge >= 0.3 is 0 Å². The van der Waals surface area contributed by atoms with Crippen LogP contribution in [0.3, 0.4) is 0 Å². The summed E-state index contributed by atoms with van der Waals surface area (Å²) in [6.45, 7) is 8.97. The molecule has 28 heavy (non-hydrogen) atoms. The van der Waals surface area contributed by atoms with Gasteiger partial charge in [0.25, 0.3) is 5.91 Å². The molecule has 0 radical (unpaired) electrons. The first-order chi connectivity index (χ1) is 13.3. The Morgan fingerprint density at radius 1 is 1.07 bits per heavy atom. The van der Waals surface area contributed by atoms with Crippen molar-refractivity contribution >= 4 is 32.4 Å². The number of hydrogen-bond donors (Lipinski definition) is 1. The number of thiazole rings is 1. The van der Waals surface area contributed by atoms with E-state index in [1.807, 2.05) is 27.7 Å². The molecule has 1 aromatic heterocycles. The van der Waals surface area contributed by atoms with Crippen LogP contribution in [0.25, 0.3) is 0 Å². The van der Waals surface area contributed by atoms with Crippen LogP contribution in [0.2, 0.25) is 0 Å². The molecule has 2 aromatic rings. The fourth-order valence-electron chi connectivity index (χ4n) is 2.64. The minimum atomic E-state index is -3.56. The number of carbonyl (C=O) groups excluding carboxylic acids is 1. The summed E-state index contributed by atoms with van der Waals surface area (Å²) in [5.41, 5.74) is 1.29. The predicted molar refractivity (Wildman–Crippen MR) is 115 cm³/mol. The molecule has 1 aromatic carbocycles. The zero-order valence-corrected chi connectivity index (χ0v) is 18.6. The first kappa shape index (κ1) is 22.5. The van der Waals surface area contributed by atoms with E-state index in [9.17, 15) is 13.2 Å². The lowest BCUT2D eigenvalue weighted by molar-refractivity contribution is 0.102. The molecular weight excluding hydrogens is 394 g/mol. The number of rotatable bonds is 10. The topological polar surface area (TPSA) is 79.4 Å². The fraction of sp³-hybridized carbons (Fsp3) is 0.500. The van der Waals surface area contributed by atoms with Crippen LogP contribution >= 0.6 is 11.3 Å². The van der Waals surface area contributed by atoms with Gasteiger partial charge in [-0.3, -0.25) is 10.1 Å². The molecule has 154 valence electrons. The van der Waals surface area contributed by atoms with E-state index in [-0.39, 0.29) is 10.8 Å². The standard InChI is InChI=1S/C20H29N3O3S2/c1-5-7-13-23(14-8-6-2)28(25,26)18-11-9-17(10-12-18)19(24)22-20-21-15(3)16(4)27-20/h9-12H,5-8,13-14H2,1-4H3,(H,21,22,24). The van der Waals surface area contributed by atoms with Gasteiger partial charge in [-0.25, -0.2) is 13.4 Å². The molecule has 2 rings (SSSR count). The van der Waals surface area contributed by atoms with Gasteiger partial charge in [-0.05, 0) is 51.0 Å². The predicted octanol–water partition coefficient (Wildman–Crippen LogP) is 4.60. The van der Waals surface area contributed by atoms with E-state index in [4.69, 9.17) is 0 Å². The molecule has 0 spiro atoms. The lowest BCUT2D eigenvalue weighted by Crippen LogP contribution is -2.33. The van der Waals surface area contributed by atoms with Gasteiger partial charge in [-0.2, -0.15) is 4.31 Å². The van der Waals surface area contributed by atoms with Crippen molar-refractivity contribution in [2.24, 2.45) is 0 Å². The van der Waals surface area contributed by atoms with Crippen LogP contribution in [-0.4, -0.2) is 36.7 Å². The van der Waals surface area contributed by atoms with Gasteiger partial charge < -0.3 is 0 Å². The minimum Gasteiger partial charge on any atom is -0.298 e. The number of sulfonamides is 1. The second kappa shape index (κ2) is 10.1. The summed E-state index contributed by atoms with van der Waals surface area (Å²) in [5, 5.41) is 3.31. The molecule has 0 fully saturated rings. The fourth-order valence-corrected chi connectivity index (χ4v) is 4.97. The average molecular weight is 424 g/mol. The Morgan fingerprint density at radius 3 is 2.11 bits per heavy atom. The summed E-state index contributed by atoms with van der Waals surface area (Å²) >= 11 is 1.42. The molecule has 6 nitrogen and oxygen atoms in total. The molecule has 0 saturated heterocycles. The Kier molecular flexibility index (Phi) is 8.15. The van der Waals surface area contributed by atoms with Gasteiger partial charge in [0.15, 0.2) is 5.13 Å². The first-order valence-electron chi connectivity index (χ1n) is 9.65. The Balaban J connectivity index is 2.15. The molecule has 0 unspecified atom stereocenters. The van der Waals surface area contributed by atoms with Crippen molar-refractivity contribution in [2.45, 2.75) is 58.3 Å². The van der Waals surface area contributed by atoms with Crippen LogP contribution in [0.1, 0.15) is 60.5 Å². The Hall–Kier alpha value is -1.77. The van der Waals surface area contributed by atoms with Crippen molar-refractivity contribution < 1.29 is 13.2 Å². The van der Waals surface area contributed by atoms with E-state index in [2.05, 4.69) is 10.3 Å². The van der Waals surface area contributed by atoms with Crippen molar-refractivity contribution in [1.82, 2.24) is 9.29 Å². The summed E-state index contributed by atoms with van der Waals surface area (Å²) < 4.78 is 27.5. The highest BCUT2D eigenvalue weighted by Gasteiger charge is 2.23. The normalized spacial score (nSPS) is 11.8. The van der Waals surface area contributed by atoms with E-state index in [1.165, 1.54) is 23.5 Å². The van der Waals surface area contributed by atoms with E-state index in [0.29, 0.717) is 23.8 Å². The summed E-state index contributed by atoms with van der Waals surface area (Å²) in [4.78, 5) is 18.0. The lowest BCUT2D eigenvalue weighted by Gasteiger charge is -2.22. The van der Waals surface area contributed by atoms with Crippen LogP contribution in [0.15, 0.2) is 29.2 Å². The van der Waals surface area contributed by atoms with Gasteiger partial charge in [0.2, 0.25) is 10.0 Å². The smallest absolute Gasteiger partial charge is 0.257 e. The summed E-state index contributed by atoms with van der Waals surface area (Å²) in [7, 11) is -3.56. The second-order valence-electron chi connectivity index (χ2n) is 6.75. The molecule has 0 aliphatic rings. The molecule has 0 aliphatic carbocycles. The van der Waals surface area contributed by atoms with Gasteiger partial charge in [0.05, 0.1) is 10.6 Å². The monoisotopic (exact) mass is 423 g/mol. The molecular formula is C20H29N3O3S2. The first-order valence-corrected chi connectivity index (χ1v) is 11.9. The number of unbranched alkanes of at least 4 members (excludes halogenated alkanes) is 2. The van der Waals surface area contributed by atoms with Crippen molar-refractivity contribution in [2.75, 3.05) is 18.4 Å². The number of benzene rings is 1. The van der Waals surface area contributed by atoms with Gasteiger partial charge in [0, 0.05) is 23.5 Å². The zero-order chi connectivity index (χ0) is 20.7. The van der Waals surface area contributed by atoms with Crippen molar-refractivity contribution in [3.05, 3.63) is 40.4 Å². The number of aryl methyl sites for hydroxylation is 2. The Bertz CT molecular complexity index is 862. The number of nitrogens with zero attached hydrogens (tertiary/aromatic N) is 2. The van der Waals surface area contributed by atoms with Crippen LogP contribution in [0, 0.1) is 13.8 Å². The maximum absolute atomic E-state index is 13.0. The van der Waals surface area contributed by atoms with Crippen LogP contribution < -0.4 is 5.32 Å². The second-order valence-corrected chi connectivity index (χ2v) is 9.89. The molecule has 1 N–H and O–H groups in total. The highest BCUT2D eigenvalue weighted by Crippen LogP contribution is 2.22. The summed E-state index contributed by atoms with van der Waals surface area (Å²) in [5.74, 6) is -0.300. The SMILES string of the molecule is CCCCN(CCCC)S(=O)(=O)c1ccc(C(=O)Nc2nc(C)c(C)s2)cc1. The highest BCUT2D eigenvalue weighted by molar-refractivity contribution is 7.89. The quantitative estimate of drug-likeness (QED) is 0.605. The largest absolute Gasteiger partial charge is 0.298 e. The third-order valence-electron chi connectivity index (χ3n) is 4.53. The number of amides is 1. The number of carbonyl (C=O) groups is 1. The summed E-state index contributed by atoms with van der Waals surface area (Å²) in [6, 6.07) is 6.11. The third kappa shape index (κ3) is 5.62. The zero-order valence-electron chi connectivity index (χ0n) is 17.0. The molecule has 0 atom stereocenters. The lowest BCUT2D eigenvalue weighted by atomic mass is 10.2. The van der Waals surface area contributed by atoms with Gasteiger partial charge in [-0.15, -0.1) is 11.3 Å². The number of aromatic nitrogens is 1. The minimum absolute atomic E-state index is 0.220. The van der Waals surface area contributed by atoms with Crippen molar-refractivity contribution in [1.29, 1.82) is 0 Å². The van der Waals surface area contributed by atoms with E-state index in [0.717, 1.165) is 36.3 Å². The maximum atomic E-state index is 13.0. The molecule has 0 bridgehead atoms. The van der Waals surface area contributed by atoms with Crippen molar-refractivity contribution in [3.63, 3.8) is 0 Å². The third-order valence-corrected chi connectivity index (χ3v) is 7.43. The van der Waals surface area contributed by atoms with Gasteiger partial charge in [0.1, 0.15) is 0 Å². The number of nitrogens with one attached hydrogen (secondary N) is 1. The Labute approximate surface area is 172 Å². The van der Waals surface area contributed by atoms with Crippen LogP contribution in [-0.2, 0) is 10.0 Å². The molecule has 0 saturated carbocycles. The highest BCUT2D eigenvalue weighted by atomic mass is 32.2.